The third-order valence-electron chi connectivity index (χ3n) is 1.64. The van der Waals surface area contributed by atoms with E-state index in [4.69, 9.17) is 5.73 Å². The molecule has 0 radical (unpaired) electrons. The van der Waals surface area contributed by atoms with E-state index in [0.717, 1.165) is 0 Å². The van der Waals surface area contributed by atoms with Crippen molar-refractivity contribution in [3.8, 4) is 0 Å². The fraction of sp³-hybridized carbons (Fsp3) is 0.429. The molecule has 12 heavy (non-hydrogen) atoms. The normalized spacial score (nSPS) is 12.5. The predicted octanol–water partition coefficient (Wildman–Crippen LogP) is -0.228. The molecule has 0 saturated carbocycles. The Morgan fingerprint density at radius 3 is 2.92 bits per heavy atom. The van der Waals surface area contributed by atoms with Gasteiger partial charge in [-0.05, 0) is 6.92 Å². The van der Waals surface area contributed by atoms with Gasteiger partial charge in [-0.3, -0.25) is 9.48 Å². The highest BCUT2D eigenvalue weighted by atomic mass is 16.2. The van der Waals surface area contributed by atoms with Gasteiger partial charge in [0.2, 0.25) is 5.91 Å². The number of amides is 1. The summed E-state index contributed by atoms with van der Waals surface area (Å²) in [5.41, 5.74) is 6.00. The second-order valence-electron chi connectivity index (χ2n) is 2.54. The second kappa shape index (κ2) is 3.25. The Balaban J connectivity index is 2.77. The van der Waals surface area contributed by atoms with Crippen LogP contribution in [-0.4, -0.2) is 22.7 Å². The SMILES string of the molecule is CNC(=O)C(C)n1cc(N)cn1. The first-order valence-electron chi connectivity index (χ1n) is 3.66. The number of aromatic nitrogens is 2. The number of nitrogen functional groups attached to an aromatic ring is 1. The van der Waals surface area contributed by atoms with Crippen molar-refractivity contribution in [2.75, 3.05) is 12.8 Å². The molecular formula is C7H12N4O. The molecule has 0 aliphatic rings. The molecule has 0 spiro atoms. The summed E-state index contributed by atoms with van der Waals surface area (Å²) in [7, 11) is 1.59. The minimum Gasteiger partial charge on any atom is -0.396 e. The Morgan fingerprint density at radius 1 is 1.83 bits per heavy atom. The van der Waals surface area contributed by atoms with Crippen LogP contribution >= 0.6 is 0 Å². The van der Waals surface area contributed by atoms with E-state index in [2.05, 4.69) is 10.4 Å². The molecule has 0 aliphatic heterocycles. The summed E-state index contributed by atoms with van der Waals surface area (Å²) in [5, 5.41) is 6.45. The lowest BCUT2D eigenvalue weighted by molar-refractivity contribution is -0.123. The number of nitrogens with zero attached hydrogens (tertiary/aromatic N) is 2. The largest absolute Gasteiger partial charge is 0.396 e. The van der Waals surface area contributed by atoms with E-state index in [1.165, 1.54) is 10.9 Å². The van der Waals surface area contributed by atoms with E-state index in [0.29, 0.717) is 5.69 Å². The maximum absolute atomic E-state index is 11.1. The average Bonchev–Trinajstić information content (AvgIpc) is 2.49. The zero-order chi connectivity index (χ0) is 9.14. The van der Waals surface area contributed by atoms with Crippen molar-refractivity contribution < 1.29 is 4.79 Å². The van der Waals surface area contributed by atoms with Crippen LogP contribution < -0.4 is 11.1 Å². The van der Waals surface area contributed by atoms with Crippen LogP contribution in [0.1, 0.15) is 13.0 Å². The monoisotopic (exact) mass is 168 g/mol. The first-order valence-corrected chi connectivity index (χ1v) is 3.66. The molecule has 1 amide bonds. The average molecular weight is 168 g/mol. The van der Waals surface area contributed by atoms with Crippen molar-refractivity contribution >= 4 is 11.6 Å². The number of likely N-dealkylation sites (N-methyl/N-ethyl adjacent to an activating group) is 1. The second-order valence-corrected chi connectivity index (χ2v) is 2.54. The molecule has 1 aromatic rings. The molecule has 0 aromatic carbocycles. The summed E-state index contributed by atoms with van der Waals surface area (Å²) >= 11 is 0. The van der Waals surface area contributed by atoms with Gasteiger partial charge in [-0.1, -0.05) is 0 Å². The number of hydrogen-bond acceptors (Lipinski definition) is 3. The first-order chi connectivity index (χ1) is 5.65. The summed E-state index contributed by atoms with van der Waals surface area (Å²) < 4.78 is 1.52. The first kappa shape index (κ1) is 8.58. The molecule has 3 N–H and O–H groups in total. The number of nitrogens with two attached hydrogens (primary N) is 1. The van der Waals surface area contributed by atoms with Gasteiger partial charge in [-0.15, -0.1) is 0 Å². The number of nitrogens with one attached hydrogen (secondary N) is 1. The summed E-state index contributed by atoms with van der Waals surface area (Å²) in [6.07, 6.45) is 3.14. The smallest absolute Gasteiger partial charge is 0.244 e. The lowest BCUT2D eigenvalue weighted by Gasteiger charge is -2.09. The van der Waals surface area contributed by atoms with Crippen molar-refractivity contribution in [2.24, 2.45) is 0 Å². The van der Waals surface area contributed by atoms with Crippen molar-refractivity contribution in [2.45, 2.75) is 13.0 Å². The maximum atomic E-state index is 11.1. The highest BCUT2D eigenvalue weighted by Gasteiger charge is 2.12. The number of anilines is 1. The van der Waals surface area contributed by atoms with Crippen molar-refractivity contribution in [1.29, 1.82) is 0 Å². The van der Waals surface area contributed by atoms with Crippen LogP contribution in [0.3, 0.4) is 0 Å². The molecule has 5 nitrogen and oxygen atoms in total. The van der Waals surface area contributed by atoms with E-state index in [1.807, 2.05) is 0 Å². The Kier molecular flexibility index (Phi) is 2.32. The molecule has 1 atom stereocenters. The third-order valence-corrected chi connectivity index (χ3v) is 1.64. The highest BCUT2D eigenvalue weighted by molar-refractivity contribution is 5.79. The van der Waals surface area contributed by atoms with Gasteiger partial charge in [0, 0.05) is 13.2 Å². The van der Waals surface area contributed by atoms with Crippen molar-refractivity contribution in [3.63, 3.8) is 0 Å². The number of rotatable bonds is 2. The van der Waals surface area contributed by atoms with Gasteiger partial charge in [-0.25, -0.2) is 0 Å². The highest BCUT2D eigenvalue weighted by Crippen LogP contribution is 2.06. The van der Waals surface area contributed by atoms with Crippen molar-refractivity contribution in [1.82, 2.24) is 15.1 Å². The fourth-order valence-corrected chi connectivity index (χ4v) is 0.894. The van der Waals surface area contributed by atoms with Crippen LogP contribution in [0.2, 0.25) is 0 Å². The molecule has 0 fully saturated rings. The topological polar surface area (TPSA) is 72.9 Å². The molecule has 0 saturated heterocycles. The fourth-order valence-electron chi connectivity index (χ4n) is 0.894. The molecule has 1 unspecified atom stereocenters. The summed E-state index contributed by atoms with van der Waals surface area (Å²) in [5.74, 6) is -0.0851. The summed E-state index contributed by atoms with van der Waals surface area (Å²) in [6.45, 7) is 1.76. The van der Waals surface area contributed by atoms with Gasteiger partial charge in [0.1, 0.15) is 6.04 Å². The van der Waals surface area contributed by atoms with Crippen LogP contribution in [0, 0.1) is 0 Å². The van der Waals surface area contributed by atoms with E-state index in [9.17, 15) is 4.79 Å². The molecule has 66 valence electrons. The summed E-state index contributed by atoms with van der Waals surface area (Å²) in [6, 6.07) is -0.313. The van der Waals surface area contributed by atoms with Gasteiger partial charge in [0.25, 0.3) is 0 Å². The van der Waals surface area contributed by atoms with Gasteiger partial charge in [0.15, 0.2) is 0 Å². The lowest BCUT2D eigenvalue weighted by Crippen LogP contribution is -2.27. The Bertz CT molecular complexity index is 281. The van der Waals surface area contributed by atoms with Crippen LogP contribution in [0.25, 0.3) is 0 Å². The molecule has 0 aliphatic carbocycles. The van der Waals surface area contributed by atoms with E-state index in [-0.39, 0.29) is 11.9 Å². The predicted molar refractivity (Wildman–Crippen MR) is 45.4 cm³/mol. The minimum absolute atomic E-state index is 0.0851. The summed E-state index contributed by atoms with van der Waals surface area (Å²) in [4.78, 5) is 11.1. The van der Waals surface area contributed by atoms with Gasteiger partial charge < -0.3 is 11.1 Å². The van der Waals surface area contributed by atoms with Gasteiger partial charge >= 0.3 is 0 Å². The molecule has 1 aromatic heterocycles. The van der Waals surface area contributed by atoms with E-state index in [1.54, 1.807) is 20.2 Å². The van der Waals surface area contributed by atoms with Gasteiger partial charge in [-0.2, -0.15) is 5.10 Å². The number of carbonyl (C=O) groups is 1. The number of carbonyl (C=O) groups excluding carboxylic acids is 1. The van der Waals surface area contributed by atoms with Crippen LogP contribution in [0.15, 0.2) is 12.4 Å². The van der Waals surface area contributed by atoms with Crippen LogP contribution in [0.4, 0.5) is 5.69 Å². The minimum atomic E-state index is -0.313. The Morgan fingerprint density at radius 2 is 2.50 bits per heavy atom. The quantitative estimate of drug-likeness (QED) is 0.640. The van der Waals surface area contributed by atoms with Crippen LogP contribution in [-0.2, 0) is 4.79 Å². The van der Waals surface area contributed by atoms with Gasteiger partial charge in [0.05, 0.1) is 11.9 Å². The molecule has 1 heterocycles. The zero-order valence-electron chi connectivity index (χ0n) is 7.11. The number of hydrogen-bond donors (Lipinski definition) is 2. The van der Waals surface area contributed by atoms with Crippen molar-refractivity contribution in [3.05, 3.63) is 12.4 Å². The molecule has 5 heteroatoms. The molecular weight excluding hydrogens is 156 g/mol. The standard InChI is InChI=1S/C7H12N4O/c1-5(7(12)9-2)11-4-6(8)3-10-11/h3-5H,8H2,1-2H3,(H,9,12). The van der Waals surface area contributed by atoms with E-state index >= 15 is 0 Å². The third kappa shape index (κ3) is 1.55. The Labute approximate surface area is 70.5 Å². The van der Waals surface area contributed by atoms with E-state index < -0.39 is 0 Å². The van der Waals surface area contributed by atoms with Crippen LogP contribution in [0.5, 0.6) is 0 Å². The molecule has 0 bridgehead atoms. The lowest BCUT2D eigenvalue weighted by atomic mass is 10.3. The maximum Gasteiger partial charge on any atom is 0.244 e. The zero-order valence-corrected chi connectivity index (χ0v) is 7.11. The Hall–Kier alpha value is -1.52. The molecule has 1 rings (SSSR count).